The first-order valence-corrected chi connectivity index (χ1v) is 8.65. The van der Waals surface area contributed by atoms with Crippen molar-refractivity contribution < 1.29 is 13.2 Å². The molecule has 0 bridgehead atoms. The van der Waals surface area contributed by atoms with Crippen molar-refractivity contribution in [3.05, 3.63) is 0 Å². The minimum Gasteiger partial charge on any atom is -0.348 e. The fourth-order valence-electron chi connectivity index (χ4n) is 2.25. The maximum Gasteiger partial charge on any atom is 0.241 e. The van der Waals surface area contributed by atoms with Gasteiger partial charge in [0.1, 0.15) is 4.75 Å². The second-order valence-electron chi connectivity index (χ2n) is 6.40. The lowest BCUT2D eigenvalue weighted by Gasteiger charge is -2.41. The molecular weight excluding hydrogens is 264 g/mol. The lowest BCUT2D eigenvalue weighted by atomic mass is 9.77. The Balaban J connectivity index is 2.85. The molecular formula is C13H26N2O3S. The molecule has 1 saturated carbocycles. The fraction of sp³-hybridized carbons (Fsp3) is 0.923. The van der Waals surface area contributed by atoms with E-state index in [1.165, 1.54) is 13.8 Å². The molecule has 0 aromatic heterocycles. The molecule has 19 heavy (non-hydrogen) atoms. The van der Waals surface area contributed by atoms with Crippen LogP contribution in [-0.4, -0.2) is 37.4 Å². The largest absolute Gasteiger partial charge is 0.348 e. The van der Waals surface area contributed by atoms with Gasteiger partial charge >= 0.3 is 0 Å². The van der Waals surface area contributed by atoms with Crippen LogP contribution in [-0.2, 0) is 14.6 Å². The van der Waals surface area contributed by atoms with Crippen molar-refractivity contribution in [2.75, 3.05) is 12.8 Å². The number of nitrogens with one attached hydrogen (secondary N) is 1. The van der Waals surface area contributed by atoms with Crippen molar-refractivity contribution in [3.8, 4) is 0 Å². The SMILES string of the molecule is CC1CCC(CN)(NC(=O)C(C)(C)S(C)(=O)=O)CC1. The molecule has 0 aliphatic heterocycles. The minimum absolute atomic E-state index is 0.352. The standard InChI is InChI=1S/C13H26N2O3S/c1-10-5-7-13(9-14,8-6-10)15-11(16)12(2,3)19(4,17)18/h10H,5-9,14H2,1-4H3,(H,15,16). The van der Waals surface area contributed by atoms with Gasteiger partial charge in [0.05, 0.1) is 5.54 Å². The third-order valence-corrected chi connectivity index (χ3v) is 6.51. The van der Waals surface area contributed by atoms with Crippen molar-refractivity contribution in [2.45, 2.75) is 56.7 Å². The Kier molecular flexibility index (Phi) is 4.67. The smallest absolute Gasteiger partial charge is 0.241 e. The quantitative estimate of drug-likeness (QED) is 0.802. The Morgan fingerprint density at radius 3 is 2.21 bits per heavy atom. The van der Waals surface area contributed by atoms with Crippen LogP contribution < -0.4 is 11.1 Å². The van der Waals surface area contributed by atoms with Gasteiger partial charge in [0, 0.05) is 12.8 Å². The van der Waals surface area contributed by atoms with Crippen molar-refractivity contribution in [2.24, 2.45) is 11.7 Å². The molecule has 0 heterocycles. The molecule has 0 spiro atoms. The van der Waals surface area contributed by atoms with Crippen LogP contribution in [0.4, 0.5) is 0 Å². The van der Waals surface area contributed by atoms with E-state index >= 15 is 0 Å². The summed E-state index contributed by atoms with van der Waals surface area (Å²) in [6.45, 7) is 5.41. The molecule has 3 N–H and O–H groups in total. The van der Waals surface area contributed by atoms with Gasteiger partial charge in [0.15, 0.2) is 9.84 Å². The number of amides is 1. The third kappa shape index (κ3) is 3.48. The summed E-state index contributed by atoms with van der Waals surface area (Å²) in [6.07, 6.45) is 4.74. The van der Waals surface area contributed by atoms with Crippen molar-refractivity contribution in [1.82, 2.24) is 5.32 Å². The first kappa shape index (κ1) is 16.4. The highest BCUT2D eigenvalue weighted by Gasteiger charge is 2.43. The van der Waals surface area contributed by atoms with Gasteiger partial charge in [-0.15, -0.1) is 0 Å². The van der Waals surface area contributed by atoms with Crippen LogP contribution in [0, 0.1) is 5.92 Å². The van der Waals surface area contributed by atoms with Crippen LogP contribution in [0.25, 0.3) is 0 Å². The van der Waals surface area contributed by atoms with Crippen molar-refractivity contribution >= 4 is 15.7 Å². The molecule has 1 aliphatic carbocycles. The zero-order chi connectivity index (χ0) is 14.9. The van der Waals surface area contributed by atoms with Crippen molar-refractivity contribution in [1.29, 1.82) is 0 Å². The van der Waals surface area contributed by atoms with E-state index < -0.39 is 26.0 Å². The lowest BCUT2D eigenvalue weighted by Crippen LogP contribution is -2.60. The van der Waals surface area contributed by atoms with Crippen LogP contribution in [0.2, 0.25) is 0 Å². The topological polar surface area (TPSA) is 89.3 Å². The summed E-state index contributed by atoms with van der Waals surface area (Å²) in [7, 11) is -3.45. The normalized spacial score (nSPS) is 29.0. The molecule has 5 nitrogen and oxygen atoms in total. The Labute approximate surface area is 116 Å². The molecule has 112 valence electrons. The Morgan fingerprint density at radius 1 is 1.37 bits per heavy atom. The van der Waals surface area contributed by atoms with Crippen molar-refractivity contribution in [3.63, 3.8) is 0 Å². The lowest BCUT2D eigenvalue weighted by molar-refractivity contribution is -0.125. The highest BCUT2D eigenvalue weighted by Crippen LogP contribution is 2.32. The summed E-state index contributed by atoms with van der Waals surface area (Å²) < 4.78 is 22.0. The first-order valence-electron chi connectivity index (χ1n) is 6.76. The van der Waals surface area contributed by atoms with Gasteiger partial charge < -0.3 is 11.1 Å². The Hall–Kier alpha value is -0.620. The van der Waals surface area contributed by atoms with E-state index in [1.54, 1.807) is 0 Å². The molecule has 1 aliphatic rings. The zero-order valence-electron chi connectivity index (χ0n) is 12.3. The van der Waals surface area contributed by atoms with E-state index in [0.717, 1.165) is 31.9 Å². The van der Waals surface area contributed by atoms with Gasteiger partial charge in [0.25, 0.3) is 0 Å². The monoisotopic (exact) mass is 290 g/mol. The fourth-order valence-corrected chi connectivity index (χ4v) is 2.64. The summed E-state index contributed by atoms with van der Waals surface area (Å²) >= 11 is 0. The molecule has 0 aromatic rings. The molecule has 0 saturated heterocycles. The van der Waals surface area contributed by atoms with Crippen LogP contribution in [0.3, 0.4) is 0 Å². The van der Waals surface area contributed by atoms with Gasteiger partial charge in [-0.05, 0) is 45.4 Å². The van der Waals surface area contributed by atoms with E-state index in [0.29, 0.717) is 12.5 Å². The second kappa shape index (κ2) is 5.40. The predicted octanol–water partition coefficient (Wildman–Crippen LogP) is 0.833. The number of sulfone groups is 1. The van der Waals surface area contributed by atoms with Gasteiger partial charge in [-0.3, -0.25) is 4.79 Å². The molecule has 1 rings (SSSR count). The molecule has 0 radical (unpaired) electrons. The summed E-state index contributed by atoms with van der Waals surface area (Å²) in [4.78, 5) is 12.3. The Bertz CT molecular complexity index is 435. The number of carbonyl (C=O) groups is 1. The maximum absolute atomic E-state index is 12.3. The highest BCUT2D eigenvalue weighted by atomic mass is 32.2. The van der Waals surface area contributed by atoms with Crippen LogP contribution in [0.15, 0.2) is 0 Å². The summed E-state index contributed by atoms with van der Waals surface area (Å²) in [5.74, 6) is 0.189. The molecule has 1 fully saturated rings. The molecule has 0 atom stereocenters. The Morgan fingerprint density at radius 2 is 1.84 bits per heavy atom. The van der Waals surface area contributed by atoms with Gasteiger partial charge in [-0.2, -0.15) is 0 Å². The molecule has 6 heteroatoms. The second-order valence-corrected chi connectivity index (χ2v) is 8.97. The van der Waals surface area contributed by atoms with Gasteiger partial charge in [-0.1, -0.05) is 6.92 Å². The summed E-state index contributed by atoms with van der Waals surface area (Å²) in [5.41, 5.74) is 5.38. The number of hydrogen-bond acceptors (Lipinski definition) is 4. The van der Waals surface area contributed by atoms with Crippen LogP contribution in [0.1, 0.15) is 46.5 Å². The van der Waals surface area contributed by atoms with E-state index in [-0.39, 0.29) is 0 Å². The number of nitrogens with two attached hydrogens (primary N) is 1. The van der Waals surface area contributed by atoms with Gasteiger partial charge in [0.2, 0.25) is 5.91 Å². The average Bonchev–Trinajstić information content (AvgIpc) is 2.31. The van der Waals surface area contributed by atoms with Crippen LogP contribution in [0.5, 0.6) is 0 Å². The summed E-state index contributed by atoms with van der Waals surface area (Å²) in [6, 6.07) is 0. The minimum atomic E-state index is -3.45. The van der Waals surface area contributed by atoms with E-state index in [9.17, 15) is 13.2 Å². The summed E-state index contributed by atoms with van der Waals surface area (Å²) in [5, 5.41) is 2.91. The zero-order valence-corrected chi connectivity index (χ0v) is 13.1. The van der Waals surface area contributed by atoms with E-state index in [2.05, 4.69) is 12.2 Å². The highest BCUT2D eigenvalue weighted by molar-refractivity contribution is 7.92. The number of hydrogen-bond donors (Lipinski definition) is 2. The molecule has 0 aromatic carbocycles. The number of carbonyl (C=O) groups excluding carboxylic acids is 1. The molecule has 1 amide bonds. The first-order chi connectivity index (χ1) is 8.54. The van der Waals surface area contributed by atoms with E-state index in [4.69, 9.17) is 5.73 Å². The average molecular weight is 290 g/mol. The molecule has 0 unspecified atom stereocenters. The predicted molar refractivity (Wildman–Crippen MR) is 76.5 cm³/mol. The maximum atomic E-state index is 12.3. The van der Waals surface area contributed by atoms with Crippen LogP contribution >= 0.6 is 0 Å². The third-order valence-electron chi connectivity index (χ3n) is 4.47. The van der Waals surface area contributed by atoms with Gasteiger partial charge in [-0.25, -0.2) is 8.42 Å². The van der Waals surface area contributed by atoms with E-state index in [1.807, 2.05) is 0 Å². The number of rotatable bonds is 4.